The summed E-state index contributed by atoms with van der Waals surface area (Å²) in [6, 6.07) is 5.60. The number of hydrogen-bond acceptors (Lipinski definition) is 4. The third-order valence-electron chi connectivity index (χ3n) is 4.08. The Morgan fingerprint density at radius 3 is 2.80 bits per heavy atom. The first-order chi connectivity index (χ1) is 11.9. The van der Waals surface area contributed by atoms with E-state index in [2.05, 4.69) is 12.2 Å². The summed E-state index contributed by atoms with van der Waals surface area (Å²) in [7, 11) is 0. The summed E-state index contributed by atoms with van der Waals surface area (Å²) < 4.78 is 11.0. The van der Waals surface area contributed by atoms with E-state index in [1.165, 1.54) is 0 Å². The lowest BCUT2D eigenvalue weighted by Gasteiger charge is -2.35. The number of morpholine rings is 1. The maximum Gasteiger partial charge on any atom is 0.317 e. The number of amides is 3. The lowest BCUT2D eigenvalue weighted by molar-refractivity contribution is -0.139. The molecule has 7 nitrogen and oxygen atoms in total. The predicted octanol–water partition coefficient (Wildman–Crippen LogP) is 1.57. The molecule has 0 spiro atoms. The highest BCUT2D eigenvalue weighted by atomic mass is 16.5. The number of ether oxygens (including phenoxy) is 2. The molecule has 1 aliphatic heterocycles. The number of nitrogens with two attached hydrogens (primary N) is 1. The number of hydrogen-bond donors (Lipinski definition) is 2. The van der Waals surface area contributed by atoms with Gasteiger partial charge in [-0.3, -0.25) is 4.79 Å². The first kappa shape index (κ1) is 19.1. The Morgan fingerprint density at radius 2 is 2.16 bits per heavy atom. The maximum atomic E-state index is 12.4. The first-order valence-corrected chi connectivity index (χ1v) is 8.60. The van der Waals surface area contributed by atoms with Crippen LogP contribution in [0.2, 0.25) is 0 Å². The highest BCUT2D eigenvalue weighted by Crippen LogP contribution is 2.18. The molecule has 138 valence electrons. The molecule has 1 aromatic carbocycles. The molecule has 2 atom stereocenters. The molecule has 1 heterocycles. The van der Waals surface area contributed by atoms with Crippen molar-refractivity contribution in [2.75, 3.05) is 19.7 Å². The van der Waals surface area contributed by atoms with E-state index < -0.39 is 12.0 Å². The second kappa shape index (κ2) is 8.71. The third-order valence-corrected chi connectivity index (χ3v) is 4.08. The Morgan fingerprint density at radius 1 is 1.40 bits per heavy atom. The lowest BCUT2D eigenvalue weighted by Crippen LogP contribution is -2.55. The van der Waals surface area contributed by atoms with E-state index in [1.807, 2.05) is 32.0 Å². The van der Waals surface area contributed by atoms with Crippen LogP contribution in [0, 0.1) is 6.92 Å². The van der Waals surface area contributed by atoms with Crippen molar-refractivity contribution in [1.29, 1.82) is 0 Å². The Labute approximate surface area is 148 Å². The van der Waals surface area contributed by atoms with Gasteiger partial charge in [-0.2, -0.15) is 0 Å². The molecule has 25 heavy (non-hydrogen) atoms. The van der Waals surface area contributed by atoms with Crippen molar-refractivity contribution in [2.45, 2.75) is 45.9 Å². The first-order valence-electron chi connectivity index (χ1n) is 8.60. The van der Waals surface area contributed by atoms with Gasteiger partial charge in [0.25, 0.3) is 0 Å². The summed E-state index contributed by atoms with van der Waals surface area (Å²) in [6.45, 7) is 7.56. The van der Waals surface area contributed by atoms with Crippen LogP contribution >= 0.6 is 0 Å². The Balaban J connectivity index is 1.92. The smallest absolute Gasteiger partial charge is 0.317 e. The molecule has 1 aliphatic rings. The van der Waals surface area contributed by atoms with E-state index in [0.717, 1.165) is 23.3 Å². The fourth-order valence-electron chi connectivity index (χ4n) is 2.73. The van der Waals surface area contributed by atoms with Crippen molar-refractivity contribution in [1.82, 2.24) is 10.2 Å². The minimum absolute atomic E-state index is 0.175. The minimum atomic E-state index is -0.758. The van der Waals surface area contributed by atoms with Crippen LogP contribution in [0.5, 0.6) is 5.75 Å². The molecule has 0 bridgehead atoms. The second-order valence-electron chi connectivity index (χ2n) is 6.34. The van der Waals surface area contributed by atoms with E-state index >= 15 is 0 Å². The van der Waals surface area contributed by atoms with Crippen LogP contribution in [0.4, 0.5) is 4.79 Å². The number of carbonyl (C=O) groups excluding carboxylic acids is 2. The molecule has 3 amide bonds. The van der Waals surface area contributed by atoms with Gasteiger partial charge in [-0.25, -0.2) is 4.79 Å². The van der Waals surface area contributed by atoms with E-state index in [4.69, 9.17) is 15.2 Å². The molecule has 0 aromatic heterocycles. The van der Waals surface area contributed by atoms with Crippen LogP contribution < -0.4 is 15.8 Å². The Hall–Kier alpha value is -2.28. The molecule has 2 rings (SSSR count). The van der Waals surface area contributed by atoms with Gasteiger partial charge in [0.15, 0.2) is 6.10 Å². The van der Waals surface area contributed by atoms with Gasteiger partial charge in [-0.15, -0.1) is 0 Å². The van der Waals surface area contributed by atoms with Crippen LogP contribution in [-0.4, -0.2) is 48.7 Å². The Kier molecular flexibility index (Phi) is 6.64. The summed E-state index contributed by atoms with van der Waals surface area (Å²) in [6.07, 6.45) is -0.0267. The van der Waals surface area contributed by atoms with Crippen molar-refractivity contribution < 1.29 is 19.1 Å². The van der Waals surface area contributed by atoms with Crippen molar-refractivity contribution >= 4 is 11.9 Å². The average molecular weight is 349 g/mol. The molecular weight excluding hydrogens is 322 g/mol. The zero-order chi connectivity index (χ0) is 18.4. The van der Waals surface area contributed by atoms with Crippen LogP contribution in [0.1, 0.15) is 31.4 Å². The molecule has 0 aliphatic carbocycles. The molecule has 3 N–H and O–H groups in total. The van der Waals surface area contributed by atoms with E-state index in [0.29, 0.717) is 19.7 Å². The fourth-order valence-corrected chi connectivity index (χ4v) is 2.73. The van der Waals surface area contributed by atoms with Crippen LogP contribution in [0.25, 0.3) is 0 Å². The number of rotatable bonds is 6. The molecule has 1 saturated heterocycles. The largest absolute Gasteiger partial charge is 0.494 e. The molecule has 1 fully saturated rings. The van der Waals surface area contributed by atoms with Crippen molar-refractivity contribution in [3.63, 3.8) is 0 Å². The number of aryl methyl sites for hydroxylation is 1. The number of carbonyl (C=O) groups is 2. The average Bonchev–Trinajstić information content (AvgIpc) is 2.58. The van der Waals surface area contributed by atoms with Gasteiger partial charge in [-0.1, -0.05) is 13.0 Å². The molecule has 0 saturated carbocycles. The van der Waals surface area contributed by atoms with Gasteiger partial charge in [0.05, 0.1) is 19.3 Å². The van der Waals surface area contributed by atoms with E-state index in [9.17, 15) is 9.59 Å². The highest BCUT2D eigenvalue weighted by molar-refractivity contribution is 5.81. The zero-order valence-electron chi connectivity index (χ0n) is 15.1. The number of benzene rings is 1. The van der Waals surface area contributed by atoms with Crippen molar-refractivity contribution in [2.24, 2.45) is 5.73 Å². The normalized spacial score (nSPS) is 20.2. The number of urea groups is 1. The summed E-state index contributed by atoms with van der Waals surface area (Å²) in [5.74, 6) is 0.281. The molecule has 1 aromatic rings. The van der Waals surface area contributed by atoms with Crippen LogP contribution in [0.3, 0.4) is 0 Å². The monoisotopic (exact) mass is 349 g/mol. The van der Waals surface area contributed by atoms with Gasteiger partial charge >= 0.3 is 6.03 Å². The van der Waals surface area contributed by atoms with Crippen molar-refractivity contribution in [3.05, 3.63) is 29.3 Å². The second-order valence-corrected chi connectivity index (χ2v) is 6.34. The number of nitrogens with zero attached hydrogens (tertiary/aromatic N) is 1. The molecule has 7 heteroatoms. The van der Waals surface area contributed by atoms with Crippen LogP contribution in [0.15, 0.2) is 18.2 Å². The summed E-state index contributed by atoms with van der Waals surface area (Å²) in [5, 5.41) is 2.89. The maximum absolute atomic E-state index is 12.4. The quantitative estimate of drug-likeness (QED) is 0.815. The van der Waals surface area contributed by atoms with E-state index in [-0.39, 0.29) is 18.7 Å². The molecular formula is C18H27N3O4. The predicted molar refractivity (Wildman–Crippen MR) is 94.3 cm³/mol. The van der Waals surface area contributed by atoms with Crippen LogP contribution in [-0.2, 0) is 16.1 Å². The zero-order valence-corrected chi connectivity index (χ0v) is 15.1. The summed E-state index contributed by atoms with van der Waals surface area (Å²) >= 11 is 0. The number of nitrogens with one attached hydrogen (secondary N) is 1. The third kappa shape index (κ3) is 5.35. The van der Waals surface area contributed by atoms with Crippen molar-refractivity contribution in [3.8, 4) is 5.75 Å². The van der Waals surface area contributed by atoms with Gasteiger partial charge in [0.1, 0.15) is 5.75 Å². The standard InChI is InChI=1S/C18H27N3O4/c1-4-7-24-15-6-5-14(12(2)8-15)9-20-18(23)21-10-13(3)25-16(11-21)17(19)22/h5-6,8,13,16H,4,7,9-11H2,1-3H3,(H2,19,22)(H,20,23)/t13-,16-/m1/s1. The van der Waals surface area contributed by atoms with Gasteiger partial charge in [-0.05, 0) is 43.5 Å². The molecule has 0 radical (unpaired) electrons. The minimum Gasteiger partial charge on any atom is -0.494 e. The number of primary amides is 1. The van der Waals surface area contributed by atoms with Gasteiger partial charge < -0.3 is 25.4 Å². The Bertz CT molecular complexity index is 620. The highest BCUT2D eigenvalue weighted by Gasteiger charge is 2.31. The molecule has 0 unspecified atom stereocenters. The summed E-state index contributed by atoms with van der Waals surface area (Å²) in [5.41, 5.74) is 7.36. The van der Waals surface area contributed by atoms with Gasteiger partial charge in [0, 0.05) is 13.1 Å². The fraction of sp³-hybridized carbons (Fsp3) is 0.556. The van der Waals surface area contributed by atoms with E-state index in [1.54, 1.807) is 4.90 Å². The summed E-state index contributed by atoms with van der Waals surface area (Å²) in [4.78, 5) is 25.3. The topological polar surface area (TPSA) is 93.9 Å². The lowest BCUT2D eigenvalue weighted by atomic mass is 10.1. The van der Waals surface area contributed by atoms with Gasteiger partial charge in [0.2, 0.25) is 5.91 Å². The SMILES string of the molecule is CCCOc1ccc(CNC(=O)N2C[C@@H](C)O[C@@H](C(N)=O)C2)c(C)c1.